The number of nitrogens with one attached hydrogen (secondary N) is 1. The van der Waals surface area contributed by atoms with Crippen LogP contribution in [-0.2, 0) is 10.0 Å². The van der Waals surface area contributed by atoms with E-state index in [0.717, 1.165) is 16.8 Å². The molecule has 24 heavy (non-hydrogen) atoms. The lowest BCUT2D eigenvalue weighted by molar-refractivity contribution is 0.609. The molecule has 0 atom stereocenters. The standard InChI is InChI=1S/C16H15N5O2S/c1-13-17-8-9-21(13)16-11-15(18-12-19-16)20-24(22,23)10-7-14-5-3-2-4-6-14/h2-12H,1H3,(H,18,19,20)/b10-7+. The van der Waals surface area contributed by atoms with Crippen LogP contribution in [0.2, 0.25) is 0 Å². The fourth-order valence-corrected chi connectivity index (χ4v) is 2.87. The van der Waals surface area contributed by atoms with Gasteiger partial charge in [-0.1, -0.05) is 30.3 Å². The van der Waals surface area contributed by atoms with Gasteiger partial charge in [0.15, 0.2) is 0 Å². The van der Waals surface area contributed by atoms with E-state index in [1.165, 1.54) is 12.4 Å². The normalized spacial score (nSPS) is 11.7. The van der Waals surface area contributed by atoms with Crippen LogP contribution >= 0.6 is 0 Å². The van der Waals surface area contributed by atoms with E-state index < -0.39 is 10.0 Å². The quantitative estimate of drug-likeness (QED) is 0.769. The first kappa shape index (κ1) is 15.9. The molecule has 0 amide bonds. The second-order valence-electron chi connectivity index (χ2n) is 4.97. The van der Waals surface area contributed by atoms with Crippen LogP contribution in [-0.4, -0.2) is 27.9 Å². The van der Waals surface area contributed by atoms with Gasteiger partial charge >= 0.3 is 0 Å². The number of imidazole rings is 1. The van der Waals surface area contributed by atoms with Gasteiger partial charge in [-0.15, -0.1) is 0 Å². The summed E-state index contributed by atoms with van der Waals surface area (Å²) in [5.41, 5.74) is 0.792. The topological polar surface area (TPSA) is 89.8 Å². The number of hydrogen-bond acceptors (Lipinski definition) is 5. The summed E-state index contributed by atoms with van der Waals surface area (Å²) in [5.74, 6) is 1.46. The van der Waals surface area contributed by atoms with Crippen molar-refractivity contribution in [1.82, 2.24) is 19.5 Å². The smallest absolute Gasteiger partial charge is 0.256 e. The number of anilines is 1. The van der Waals surface area contributed by atoms with Crippen molar-refractivity contribution in [3.63, 3.8) is 0 Å². The third-order valence-electron chi connectivity index (χ3n) is 3.21. The largest absolute Gasteiger partial charge is 0.288 e. The molecule has 0 spiro atoms. The van der Waals surface area contributed by atoms with Gasteiger partial charge in [-0.05, 0) is 18.6 Å². The molecule has 0 radical (unpaired) electrons. The van der Waals surface area contributed by atoms with Crippen molar-refractivity contribution in [2.24, 2.45) is 0 Å². The van der Waals surface area contributed by atoms with Crippen LogP contribution < -0.4 is 4.72 Å². The third-order valence-corrected chi connectivity index (χ3v) is 4.20. The predicted molar refractivity (Wildman–Crippen MR) is 91.9 cm³/mol. The molecule has 0 aliphatic heterocycles. The maximum Gasteiger partial charge on any atom is 0.256 e. The van der Waals surface area contributed by atoms with E-state index in [1.807, 2.05) is 37.3 Å². The number of hydrogen-bond donors (Lipinski definition) is 1. The van der Waals surface area contributed by atoms with E-state index in [9.17, 15) is 8.42 Å². The molecule has 7 nitrogen and oxygen atoms in total. The molecule has 0 saturated heterocycles. The maximum atomic E-state index is 12.2. The lowest BCUT2D eigenvalue weighted by Crippen LogP contribution is -2.11. The van der Waals surface area contributed by atoms with Crippen molar-refractivity contribution in [2.75, 3.05) is 4.72 Å². The summed E-state index contributed by atoms with van der Waals surface area (Å²) in [4.78, 5) is 12.2. The molecular formula is C16H15N5O2S. The molecule has 2 heterocycles. The summed E-state index contributed by atoms with van der Waals surface area (Å²) < 4.78 is 28.5. The number of aromatic nitrogens is 4. The number of benzene rings is 1. The number of nitrogens with zero attached hydrogens (tertiary/aromatic N) is 4. The Hall–Kier alpha value is -3.00. The van der Waals surface area contributed by atoms with Gasteiger partial charge < -0.3 is 0 Å². The molecule has 1 N–H and O–H groups in total. The zero-order valence-corrected chi connectivity index (χ0v) is 13.7. The minimum absolute atomic E-state index is 0.186. The van der Waals surface area contributed by atoms with Crippen molar-refractivity contribution >= 4 is 21.9 Å². The summed E-state index contributed by atoms with van der Waals surface area (Å²) >= 11 is 0. The first-order chi connectivity index (χ1) is 11.5. The molecule has 0 fully saturated rings. The van der Waals surface area contributed by atoms with Gasteiger partial charge in [0, 0.05) is 18.5 Å². The average Bonchev–Trinajstić information content (AvgIpc) is 3.00. The van der Waals surface area contributed by atoms with Crippen molar-refractivity contribution < 1.29 is 8.42 Å². The van der Waals surface area contributed by atoms with Crippen LogP contribution in [0.5, 0.6) is 0 Å². The lowest BCUT2D eigenvalue weighted by Gasteiger charge is -2.07. The van der Waals surface area contributed by atoms with E-state index in [1.54, 1.807) is 23.0 Å². The van der Waals surface area contributed by atoms with E-state index in [-0.39, 0.29) is 5.82 Å². The van der Waals surface area contributed by atoms with Crippen molar-refractivity contribution in [2.45, 2.75) is 6.92 Å². The zero-order chi connectivity index (χ0) is 17.0. The molecule has 0 aliphatic carbocycles. The molecular weight excluding hydrogens is 326 g/mol. The first-order valence-corrected chi connectivity index (χ1v) is 8.66. The van der Waals surface area contributed by atoms with Gasteiger partial charge in [-0.2, -0.15) is 0 Å². The Bertz CT molecular complexity index is 965. The Kier molecular flexibility index (Phi) is 4.39. The summed E-state index contributed by atoms with van der Waals surface area (Å²) in [5, 5.41) is 1.10. The van der Waals surface area contributed by atoms with E-state index in [2.05, 4.69) is 19.7 Å². The average molecular weight is 341 g/mol. The van der Waals surface area contributed by atoms with Crippen LogP contribution in [0.15, 0.2) is 60.5 Å². The molecule has 2 aromatic heterocycles. The predicted octanol–water partition coefficient (Wildman–Crippen LogP) is 2.38. The fourth-order valence-electron chi connectivity index (χ4n) is 2.07. The molecule has 3 rings (SSSR count). The molecule has 122 valence electrons. The third kappa shape index (κ3) is 3.85. The summed E-state index contributed by atoms with van der Waals surface area (Å²) in [6.45, 7) is 1.83. The van der Waals surface area contributed by atoms with Crippen LogP contribution in [0.3, 0.4) is 0 Å². The minimum atomic E-state index is -3.67. The second kappa shape index (κ2) is 6.63. The molecule has 0 unspecified atom stereocenters. The Labute approximate surface area is 139 Å². The van der Waals surface area contributed by atoms with E-state index in [4.69, 9.17) is 0 Å². The summed E-state index contributed by atoms with van der Waals surface area (Å²) in [7, 11) is -3.67. The van der Waals surface area contributed by atoms with Gasteiger partial charge in [-0.3, -0.25) is 9.29 Å². The SMILES string of the molecule is Cc1nccn1-c1cc(NS(=O)(=O)/C=C/c2ccccc2)ncn1. The Balaban J connectivity index is 1.80. The highest BCUT2D eigenvalue weighted by Crippen LogP contribution is 2.13. The fraction of sp³-hybridized carbons (Fsp3) is 0.0625. The summed E-state index contributed by atoms with van der Waals surface area (Å²) in [6.07, 6.45) is 6.20. The highest BCUT2D eigenvalue weighted by atomic mass is 32.2. The Morgan fingerprint density at radius 3 is 2.62 bits per heavy atom. The Morgan fingerprint density at radius 1 is 1.12 bits per heavy atom. The second-order valence-corrected chi connectivity index (χ2v) is 6.53. The highest BCUT2D eigenvalue weighted by molar-refractivity contribution is 7.95. The van der Waals surface area contributed by atoms with Gasteiger partial charge in [0.1, 0.15) is 23.8 Å². The van der Waals surface area contributed by atoms with Gasteiger partial charge in [0.2, 0.25) is 0 Å². The molecule has 0 aliphatic rings. The first-order valence-electron chi connectivity index (χ1n) is 7.12. The Morgan fingerprint density at radius 2 is 1.92 bits per heavy atom. The van der Waals surface area contributed by atoms with Gasteiger partial charge in [0.25, 0.3) is 10.0 Å². The molecule has 0 bridgehead atoms. The molecule has 3 aromatic rings. The van der Waals surface area contributed by atoms with Crippen LogP contribution in [0.25, 0.3) is 11.9 Å². The number of sulfonamides is 1. The number of rotatable bonds is 5. The van der Waals surface area contributed by atoms with Crippen molar-refractivity contribution in [3.8, 4) is 5.82 Å². The zero-order valence-electron chi connectivity index (χ0n) is 12.9. The highest BCUT2D eigenvalue weighted by Gasteiger charge is 2.09. The molecule has 1 aromatic carbocycles. The summed E-state index contributed by atoms with van der Waals surface area (Å²) in [6, 6.07) is 10.7. The van der Waals surface area contributed by atoms with Crippen LogP contribution in [0, 0.1) is 6.92 Å². The van der Waals surface area contributed by atoms with Gasteiger partial charge in [0.05, 0.1) is 5.41 Å². The minimum Gasteiger partial charge on any atom is -0.288 e. The van der Waals surface area contributed by atoms with Crippen molar-refractivity contribution in [1.29, 1.82) is 0 Å². The van der Waals surface area contributed by atoms with E-state index in [0.29, 0.717) is 5.82 Å². The lowest BCUT2D eigenvalue weighted by atomic mass is 10.2. The maximum absolute atomic E-state index is 12.2. The van der Waals surface area contributed by atoms with Crippen LogP contribution in [0.1, 0.15) is 11.4 Å². The van der Waals surface area contributed by atoms with Crippen LogP contribution in [0.4, 0.5) is 5.82 Å². The number of aryl methyl sites for hydroxylation is 1. The molecule has 0 saturated carbocycles. The van der Waals surface area contributed by atoms with Gasteiger partial charge in [-0.25, -0.2) is 23.4 Å². The van der Waals surface area contributed by atoms with Crippen molar-refractivity contribution in [3.05, 3.63) is 71.9 Å². The van der Waals surface area contributed by atoms with E-state index >= 15 is 0 Å². The molecule has 8 heteroatoms. The monoisotopic (exact) mass is 341 g/mol.